The predicted molar refractivity (Wildman–Crippen MR) is 87.7 cm³/mol. The maximum absolute atomic E-state index is 8.04. The van der Waals surface area contributed by atoms with Gasteiger partial charge in [0, 0.05) is 24.5 Å². The molecular formula is C15H20N6O. The molecule has 2 aromatic rings. The zero-order valence-corrected chi connectivity index (χ0v) is 12.2. The summed E-state index contributed by atoms with van der Waals surface area (Å²) in [7, 11) is 0. The van der Waals surface area contributed by atoms with Gasteiger partial charge in [0.2, 0.25) is 0 Å². The fraction of sp³-hybridized carbons (Fsp3) is 0.267. The third-order valence-electron chi connectivity index (χ3n) is 3.18. The Bertz CT molecular complexity index is 609. The zero-order valence-electron chi connectivity index (χ0n) is 12.2. The minimum absolute atomic E-state index is 0.181. The molecule has 7 N–H and O–H groups in total. The lowest BCUT2D eigenvalue weighted by molar-refractivity contribution is 0.198. The van der Waals surface area contributed by atoms with E-state index in [9.17, 15) is 0 Å². The van der Waals surface area contributed by atoms with Gasteiger partial charge in [-0.15, -0.1) is 0 Å². The van der Waals surface area contributed by atoms with E-state index in [0.717, 1.165) is 13.2 Å². The van der Waals surface area contributed by atoms with Crippen LogP contribution in [0.4, 0.5) is 17.3 Å². The van der Waals surface area contributed by atoms with Gasteiger partial charge in [-0.2, -0.15) is 0 Å². The molecule has 0 aliphatic carbocycles. The Morgan fingerprint density at radius 2 is 1.50 bits per heavy atom. The van der Waals surface area contributed by atoms with Crippen molar-refractivity contribution in [2.45, 2.75) is 12.8 Å². The van der Waals surface area contributed by atoms with Crippen molar-refractivity contribution in [2.75, 3.05) is 30.4 Å². The number of aromatic nitrogens is 2. The molecule has 0 saturated carbocycles. The van der Waals surface area contributed by atoms with Gasteiger partial charge in [0.05, 0.1) is 11.3 Å². The Morgan fingerprint density at radius 3 is 1.95 bits per heavy atom. The average molecular weight is 300 g/mol. The van der Waals surface area contributed by atoms with Gasteiger partial charge in [-0.3, -0.25) is 5.41 Å². The topological polar surface area (TPSA) is 137 Å². The molecule has 1 fully saturated rings. The highest BCUT2D eigenvalue weighted by atomic mass is 16.5. The van der Waals surface area contributed by atoms with E-state index in [4.69, 9.17) is 27.3 Å². The largest absolute Gasteiger partial charge is 0.399 e. The average Bonchev–Trinajstić information content (AvgIpc) is 3.07. The van der Waals surface area contributed by atoms with Crippen molar-refractivity contribution >= 4 is 23.0 Å². The van der Waals surface area contributed by atoms with Gasteiger partial charge in [0.1, 0.15) is 18.0 Å². The van der Waals surface area contributed by atoms with Gasteiger partial charge in [0.25, 0.3) is 0 Å². The van der Waals surface area contributed by atoms with Crippen molar-refractivity contribution in [3.63, 3.8) is 0 Å². The van der Waals surface area contributed by atoms with Gasteiger partial charge < -0.3 is 21.9 Å². The van der Waals surface area contributed by atoms with E-state index < -0.39 is 0 Å². The van der Waals surface area contributed by atoms with Crippen LogP contribution in [0.2, 0.25) is 0 Å². The van der Waals surface area contributed by atoms with Crippen molar-refractivity contribution in [3.8, 4) is 0 Å². The molecular weight excluding hydrogens is 280 g/mol. The number of nitrogens with one attached hydrogen (secondary N) is 1. The molecule has 1 aromatic carbocycles. The second kappa shape index (κ2) is 7.37. The van der Waals surface area contributed by atoms with E-state index in [0.29, 0.717) is 16.8 Å². The molecule has 0 unspecified atom stereocenters. The van der Waals surface area contributed by atoms with E-state index in [1.54, 1.807) is 24.3 Å². The summed E-state index contributed by atoms with van der Waals surface area (Å²) in [5, 5.41) is 8.04. The van der Waals surface area contributed by atoms with Crippen LogP contribution in [-0.2, 0) is 4.74 Å². The van der Waals surface area contributed by atoms with Crippen LogP contribution < -0.4 is 17.2 Å². The standard InChI is InChI=1S/C11H12N6.C4H8O/c12-7-3-1-6(2-4-7)9(13)8-10(14)16-5-17-11(8)15;1-2-4-5-3-1/h1-5,13H,12H2,(H4,14,15,16,17);1-4H2. The molecule has 1 aliphatic heterocycles. The molecule has 22 heavy (non-hydrogen) atoms. The van der Waals surface area contributed by atoms with Gasteiger partial charge in [-0.25, -0.2) is 9.97 Å². The third-order valence-corrected chi connectivity index (χ3v) is 3.18. The molecule has 3 rings (SSSR count). The highest BCUT2D eigenvalue weighted by Crippen LogP contribution is 2.19. The number of nitrogens with two attached hydrogens (primary N) is 3. The summed E-state index contributed by atoms with van der Waals surface area (Å²) < 4.78 is 4.94. The number of ether oxygens (including phenoxy) is 1. The summed E-state index contributed by atoms with van der Waals surface area (Å²) in [5.74, 6) is 0.388. The Morgan fingerprint density at radius 1 is 0.955 bits per heavy atom. The van der Waals surface area contributed by atoms with Crippen molar-refractivity contribution in [1.82, 2.24) is 9.97 Å². The van der Waals surface area contributed by atoms with Crippen molar-refractivity contribution in [3.05, 3.63) is 41.7 Å². The summed E-state index contributed by atoms with van der Waals surface area (Å²) in [4.78, 5) is 7.65. The molecule has 7 heteroatoms. The van der Waals surface area contributed by atoms with Crippen molar-refractivity contribution < 1.29 is 4.74 Å². The lowest BCUT2D eigenvalue weighted by atomic mass is 10.0. The van der Waals surface area contributed by atoms with Gasteiger partial charge >= 0.3 is 0 Å². The normalized spacial score (nSPS) is 13.3. The third kappa shape index (κ3) is 3.92. The minimum atomic E-state index is 0.181. The fourth-order valence-corrected chi connectivity index (χ4v) is 1.97. The number of hydrogen-bond acceptors (Lipinski definition) is 7. The minimum Gasteiger partial charge on any atom is -0.399 e. The van der Waals surface area contributed by atoms with Crippen LogP contribution >= 0.6 is 0 Å². The first-order valence-corrected chi connectivity index (χ1v) is 6.98. The van der Waals surface area contributed by atoms with Crippen LogP contribution in [-0.4, -0.2) is 28.9 Å². The molecule has 116 valence electrons. The molecule has 1 aromatic heterocycles. The van der Waals surface area contributed by atoms with Crippen LogP contribution in [0.25, 0.3) is 0 Å². The van der Waals surface area contributed by atoms with Crippen molar-refractivity contribution in [1.29, 1.82) is 5.41 Å². The SMILES string of the molecule is C1CCOC1.N=C(c1ccc(N)cc1)c1c(N)ncnc1N. The molecule has 0 spiro atoms. The second-order valence-electron chi connectivity index (χ2n) is 4.84. The molecule has 7 nitrogen and oxygen atoms in total. The first-order chi connectivity index (χ1) is 10.6. The Hall–Kier alpha value is -2.67. The summed E-state index contributed by atoms with van der Waals surface area (Å²) in [5.41, 5.74) is 18.8. The number of nitrogens with zero attached hydrogens (tertiary/aromatic N) is 2. The predicted octanol–water partition coefficient (Wildman–Crippen LogP) is 1.44. The van der Waals surface area contributed by atoms with Crippen LogP contribution in [0.5, 0.6) is 0 Å². The van der Waals surface area contributed by atoms with Gasteiger partial charge in [0.15, 0.2) is 0 Å². The van der Waals surface area contributed by atoms with Crippen LogP contribution in [0, 0.1) is 5.41 Å². The monoisotopic (exact) mass is 300 g/mol. The quantitative estimate of drug-likeness (QED) is 0.489. The van der Waals surface area contributed by atoms with E-state index in [-0.39, 0.29) is 17.3 Å². The maximum atomic E-state index is 8.04. The zero-order chi connectivity index (χ0) is 15.9. The first kappa shape index (κ1) is 15.7. The molecule has 0 amide bonds. The summed E-state index contributed by atoms with van der Waals surface area (Å²) in [6.07, 6.45) is 3.82. The summed E-state index contributed by atoms with van der Waals surface area (Å²) in [6, 6.07) is 6.87. The molecule has 0 atom stereocenters. The number of nitrogen functional groups attached to an aromatic ring is 3. The summed E-state index contributed by atoms with van der Waals surface area (Å²) >= 11 is 0. The highest BCUT2D eigenvalue weighted by Gasteiger charge is 2.13. The molecule has 1 aliphatic rings. The Labute approximate surface area is 129 Å². The van der Waals surface area contributed by atoms with Gasteiger partial charge in [-0.05, 0) is 25.0 Å². The lowest BCUT2D eigenvalue weighted by Crippen LogP contribution is -2.11. The van der Waals surface area contributed by atoms with Crippen molar-refractivity contribution in [2.24, 2.45) is 0 Å². The van der Waals surface area contributed by atoms with Crippen LogP contribution in [0.15, 0.2) is 30.6 Å². The summed E-state index contributed by atoms with van der Waals surface area (Å²) in [6.45, 7) is 2.00. The number of hydrogen-bond donors (Lipinski definition) is 4. The van der Waals surface area contributed by atoms with E-state index >= 15 is 0 Å². The smallest absolute Gasteiger partial charge is 0.138 e. The highest BCUT2D eigenvalue weighted by molar-refractivity contribution is 6.16. The van der Waals surface area contributed by atoms with Crippen LogP contribution in [0.1, 0.15) is 24.0 Å². The number of benzene rings is 1. The van der Waals surface area contributed by atoms with E-state index in [1.807, 2.05) is 0 Å². The maximum Gasteiger partial charge on any atom is 0.138 e. The van der Waals surface area contributed by atoms with E-state index in [2.05, 4.69) is 9.97 Å². The van der Waals surface area contributed by atoms with E-state index in [1.165, 1.54) is 19.2 Å². The van der Waals surface area contributed by atoms with Gasteiger partial charge in [-0.1, -0.05) is 12.1 Å². The Kier molecular flexibility index (Phi) is 5.26. The molecule has 2 heterocycles. The Balaban J connectivity index is 0.000000299. The molecule has 0 radical (unpaired) electrons. The number of rotatable bonds is 2. The lowest BCUT2D eigenvalue weighted by Gasteiger charge is -2.08. The second-order valence-corrected chi connectivity index (χ2v) is 4.84. The number of anilines is 3. The van der Waals surface area contributed by atoms with Crippen LogP contribution in [0.3, 0.4) is 0 Å². The molecule has 0 bridgehead atoms. The first-order valence-electron chi connectivity index (χ1n) is 6.98. The molecule has 1 saturated heterocycles. The fourth-order valence-electron chi connectivity index (χ4n) is 1.97.